The van der Waals surface area contributed by atoms with Crippen LogP contribution in [0.5, 0.6) is 0 Å². The van der Waals surface area contributed by atoms with Gasteiger partial charge in [-0.3, -0.25) is 4.79 Å². The lowest BCUT2D eigenvalue weighted by Gasteiger charge is -2.23. The van der Waals surface area contributed by atoms with Gasteiger partial charge in [-0.25, -0.2) is 17.5 Å². The van der Waals surface area contributed by atoms with E-state index in [0.29, 0.717) is 0 Å². The van der Waals surface area contributed by atoms with E-state index in [1.807, 2.05) is 0 Å². The molecular weight excluding hydrogens is 333 g/mol. The van der Waals surface area contributed by atoms with Crippen molar-refractivity contribution in [1.82, 2.24) is 10.0 Å². The van der Waals surface area contributed by atoms with Gasteiger partial charge < -0.3 is 10.6 Å². The summed E-state index contributed by atoms with van der Waals surface area (Å²) in [6, 6.07) is 3.23. The number of hydrogen-bond acceptors (Lipinski definition) is 4. The molecule has 134 valence electrons. The Morgan fingerprint density at radius 2 is 2.00 bits per heavy atom. The Morgan fingerprint density at radius 1 is 1.29 bits per heavy atom. The van der Waals surface area contributed by atoms with Crippen molar-refractivity contribution < 1.29 is 17.6 Å². The second kappa shape index (κ2) is 7.16. The topological polar surface area (TPSA) is 87.3 Å². The SMILES string of the molecule is CC(C)(C)NS(=O)(=O)c1cc(NC(=O)C2CCCCN2)ccc1F. The molecular formula is C16H24FN3O3S. The molecule has 1 amide bonds. The summed E-state index contributed by atoms with van der Waals surface area (Å²) < 4.78 is 41.1. The Labute approximate surface area is 142 Å². The van der Waals surface area contributed by atoms with Crippen molar-refractivity contribution in [2.45, 2.75) is 56.5 Å². The highest BCUT2D eigenvalue weighted by molar-refractivity contribution is 7.89. The fraction of sp³-hybridized carbons (Fsp3) is 0.562. The number of carbonyl (C=O) groups excluding carboxylic acids is 1. The summed E-state index contributed by atoms with van der Waals surface area (Å²) in [7, 11) is -4.02. The minimum Gasteiger partial charge on any atom is -0.325 e. The van der Waals surface area contributed by atoms with Crippen molar-refractivity contribution in [3.05, 3.63) is 24.0 Å². The fourth-order valence-electron chi connectivity index (χ4n) is 2.55. The van der Waals surface area contributed by atoms with Crippen LogP contribution in [0.25, 0.3) is 0 Å². The maximum atomic E-state index is 14.0. The lowest BCUT2D eigenvalue weighted by molar-refractivity contribution is -0.118. The molecule has 1 aromatic rings. The molecule has 1 heterocycles. The molecule has 6 nitrogen and oxygen atoms in total. The van der Waals surface area contributed by atoms with Gasteiger partial charge >= 0.3 is 0 Å². The molecule has 1 aromatic carbocycles. The molecule has 8 heteroatoms. The van der Waals surface area contributed by atoms with Crippen LogP contribution in [0.1, 0.15) is 40.0 Å². The van der Waals surface area contributed by atoms with Crippen LogP contribution in [0, 0.1) is 5.82 Å². The van der Waals surface area contributed by atoms with Crippen LogP contribution in [0.4, 0.5) is 10.1 Å². The van der Waals surface area contributed by atoms with Gasteiger partial charge in [0, 0.05) is 11.2 Å². The normalized spacial score (nSPS) is 19.1. The van der Waals surface area contributed by atoms with E-state index in [1.54, 1.807) is 20.8 Å². The van der Waals surface area contributed by atoms with Crippen LogP contribution < -0.4 is 15.4 Å². The monoisotopic (exact) mass is 357 g/mol. The molecule has 0 radical (unpaired) electrons. The van der Waals surface area contributed by atoms with E-state index in [9.17, 15) is 17.6 Å². The van der Waals surface area contributed by atoms with E-state index in [1.165, 1.54) is 6.07 Å². The molecule has 1 aliphatic rings. The molecule has 1 atom stereocenters. The number of nitrogens with one attached hydrogen (secondary N) is 3. The van der Waals surface area contributed by atoms with Crippen LogP contribution in [-0.2, 0) is 14.8 Å². The standard InChI is InChI=1S/C16H24FN3O3S/c1-16(2,3)20-24(22,23)14-10-11(7-8-12(14)17)19-15(21)13-6-4-5-9-18-13/h7-8,10,13,18,20H,4-6,9H2,1-3H3,(H,19,21). The van der Waals surface area contributed by atoms with E-state index < -0.39 is 26.3 Å². The lowest BCUT2D eigenvalue weighted by Crippen LogP contribution is -2.43. The van der Waals surface area contributed by atoms with E-state index in [-0.39, 0.29) is 17.6 Å². The highest BCUT2D eigenvalue weighted by Gasteiger charge is 2.26. The number of benzene rings is 1. The first-order valence-corrected chi connectivity index (χ1v) is 9.45. The second-order valence-corrected chi connectivity index (χ2v) is 8.64. The lowest BCUT2D eigenvalue weighted by atomic mass is 10.0. The van der Waals surface area contributed by atoms with Crippen molar-refractivity contribution in [3.63, 3.8) is 0 Å². The first kappa shape index (κ1) is 18.8. The van der Waals surface area contributed by atoms with Crippen LogP contribution in [0.3, 0.4) is 0 Å². The van der Waals surface area contributed by atoms with Gasteiger partial charge in [0.15, 0.2) is 0 Å². The third-order valence-electron chi connectivity index (χ3n) is 3.56. The molecule has 1 aliphatic heterocycles. The average molecular weight is 357 g/mol. The molecule has 0 spiro atoms. The molecule has 2 rings (SSSR count). The number of rotatable bonds is 4. The molecule has 0 bridgehead atoms. The van der Waals surface area contributed by atoms with E-state index in [2.05, 4.69) is 15.4 Å². The Balaban J connectivity index is 2.20. The van der Waals surface area contributed by atoms with Gasteiger partial charge in [-0.05, 0) is 58.4 Å². The summed E-state index contributed by atoms with van der Waals surface area (Å²) in [6.45, 7) is 5.78. The number of hydrogen-bond donors (Lipinski definition) is 3. The molecule has 1 unspecified atom stereocenters. The Bertz CT molecular complexity index is 708. The number of anilines is 1. The van der Waals surface area contributed by atoms with Crippen molar-refractivity contribution >= 4 is 21.6 Å². The van der Waals surface area contributed by atoms with Gasteiger partial charge in [-0.1, -0.05) is 6.42 Å². The Hall–Kier alpha value is -1.51. The number of piperidine rings is 1. The minimum atomic E-state index is -4.02. The van der Waals surface area contributed by atoms with Gasteiger partial charge in [0.2, 0.25) is 15.9 Å². The zero-order chi connectivity index (χ0) is 18.0. The average Bonchev–Trinajstić information content (AvgIpc) is 2.47. The largest absolute Gasteiger partial charge is 0.325 e. The first-order chi connectivity index (χ1) is 11.1. The maximum Gasteiger partial charge on any atom is 0.244 e. The molecule has 3 N–H and O–H groups in total. The van der Waals surface area contributed by atoms with E-state index in [4.69, 9.17) is 0 Å². The second-order valence-electron chi connectivity index (χ2n) is 6.99. The predicted octanol–water partition coefficient (Wildman–Crippen LogP) is 1.98. The van der Waals surface area contributed by atoms with Gasteiger partial charge in [0.05, 0.1) is 6.04 Å². The smallest absolute Gasteiger partial charge is 0.244 e. The van der Waals surface area contributed by atoms with Crippen LogP contribution in [0.2, 0.25) is 0 Å². The molecule has 0 aliphatic carbocycles. The van der Waals surface area contributed by atoms with Crippen LogP contribution in [-0.4, -0.2) is 32.5 Å². The highest BCUT2D eigenvalue weighted by Crippen LogP contribution is 2.21. The van der Waals surface area contributed by atoms with Crippen molar-refractivity contribution in [2.24, 2.45) is 0 Å². The summed E-state index contributed by atoms with van der Waals surface area (Å²) >= 11 is 0. The predicted molar refractivity (Wildman–Crippen MR) is 90.7 cm³/mol. The molecule has 1 fully saturated rings. The molecule has 1 saturated heterocycles. The minimum absolute atomic E-state index is 0.242. The zero-order valence-corrected chi connectivity index (χ0v) is 15.0. The first-order valence-electron chi connectivity index (χ1n) is 7.96. The van der Waals surface area contributed by atoms with Gasteiger partial charge in [-0.2, -0.15) is 0 Å². The number of amides is 1. The maximum absolute atomic E-state index is 14.0. The highest BCUT2D eigenvalue weighted by atomic mass is 32.2. The Kier molecular flexibility index (Phi) is 5.62. The van der Waals surface area contributed by atoms with Crippen molar-refractivity contribution in [1.29, 1.82) is 0 Å². The third kappa shape index (κ3) is 4.99. The number of sulfonamides is 1. The summed E-state index contributed by atoms with van der Waals surface area (Å²) in [4.78, 5) is 11.7. The van der Waals surface area contributed by atoms with Crippen molar-refractivity contribution in [2.75, 3.05) is 11.9 Å². The summed E-state index contributed by atoms with van der Waals surface area (Å²) in [6.07, 6.45) is 2.72. The third-order valence-corrected chi connectivity index (χ3v) is 5.33. The van der Waals surface area contributed by atoms with E-state index >= 15 is 0 Å². The number of carbonyl (C=O) groups is 1. The molecule has 0 aromatic heterocycles. The molecule has 24 heavy (non-hydrogen) atoms. The quantitative estimate of drug-likeness (QED) is 0.769. The van der Waals surface area contributed by atoms with E-state index in [0.717, 1.165) is 37.9 Å². The van der Waals surface area contributed by atoms with Gasteiger partial charge in [-0.15, -0.1) is 0 Å². The fourth-order valence-corrected chi connectivity index (χ4v) is 4.07. The summed E-state index contributed by atoms with van der Waals surface area (Å²) in [5.74, 6) is -1.10. The van der Waals surface area contributed by atoms with Gasteiger partial charge in [0.25, 0.3) is 0 Å². The van der Waals surface area contributed by atoms with Gasteiger partial charge in [0.1, 0.15) is 10.7 Å². The Morgan fingerprint density at radius 3 is 2.58 bits per heavy atom. The van der Waals surface area contributed by atoms with Crippen molar-refractivity contribution in [3.8, 4) is 0 Å². The summed E-state index contributed by atoms with van der Waals surface area (Å²) in [5.41, 5.74) is -0.487. The van der Waals surface area contributed by atoms with Crippen LogP contribution in [0.15, 0.2) is 23.1 Å². The zero-order valence-electron chi connectivity index (χ0n) is 14.1. The summed E-state index contributed by atoms with van der Waals surface area (Å²) in [5, 5.41) is 5.76. The molecule has 0 saturated carbocycles. The number of halogens is 1. The van der Waals surface area contributed by atoms with Crippen LogP contribution >= 0.6 is 0 Å².